The van der Waals surface area contributed by atoms with Gasteiger partial charge >= 0.3 is 5.69 Å². The molecular formula is C13H17FN2O4. The van der Waals surface area contributed by atoms with Crippen LogP contribution in [0.1, 0.15) is 19.8 Å². The van der Waals surface area contributed by atoms with Crippen LogP contribution in [0.5, 0.6) is 5.75 Å². The summed E-state index contributed by atoms with van der Waals surface area (Å²) in [7, 11) is 1.32. The number of nitro groups is 1. The van der Waals surface area contributed by atoms with Crippen LogP contribution in [-0.4, -0.2) is 30.8 Å². The summed E-state index contributed by atoms with van der Waals surface area (Å²) in [6.45, 7) is 2.60. The number of hydrogen-bond donors (Lipinski definition) is 1. The van der Waals surface area contributed by atoms with Crippen molar-refractivity contribution in [1.82, 2.24) is 0 Å². The molecule has 0 radical (unpaired) electrons. The summed E-state index contributed by atoms with van der Waals surface area (Å²) in [4.78, 5) is 10.1. The van der Waals surface area contributed by atoms with E-state index in [2.05, 4.69) is 5.32 Å². The molecule has 0 aliphatic heterocycles. The second-order valence-corrected chi connectivity index (χ2v) is 4.65. The molecule has 0 spiro atoms. The number of nitrogens with zero attached hydrogens (tertiary/aromatic N) is 1. The fourth-order valence-corrected chi connectivity index (χ4v) is 2.23. The van der Waals surface area contributed by atoms with Crippen molar-refractivity contribution in [3.05, 3.63) is 28.1 Å². The summed E-state index contributed by atoms with van der Waals surface area (Å²) in [6.07, 6.45) is 1.81. The maximum Gasteiger partial charge on any atom is 0.313 e. The zero-order valence-electron chi connectivity index (χ0n) is 11.4. The topological polar surface area (TPSA) is 73.6 Å². The van der Waals surface area contributed by atoms with Gasteiger partial charge in [0.1, 0.15) is 0 Å². The maximum absolute atomic E-state index is 13.8. The second-order valence-electron chi connectivity index (χ2n) is 4.65. The normalized spacial score (nSPS) is 21.1. The molecule has 0 bridgehead atoms. The Kier molecular flexibility index (Phi) is 4.39. The number of anilines is 1. The van der Waals surface area contributed by atoms with Gasteiger partial charge in [-0.1, -0.05) is 0 Å². The van der Waals surface area contributed by atoms with Gasteiger partial charge in [-0.2, -0.15) is 0 Å². The summed E-state index contributed by atoms with van der Waals surface area (Å²) < 4.78 is 24.2. The molecule has 20 heavy (non-hydrogen) atoms. The average Bonchev–Trinajstić information content (AvgIpc) is 2.37. The number of nitrogens with one attached hydrogen (secondary N) is 1. The van der Waals surface area contributed by atoms with E-state index in [1.54, 1.807) is 0 Å². The fourth-order valence-electron chi connectivity index (χ4n) is 2.23. The molecule has 1 aromatic rings. The minimum Gasteiger partial charge on any atom is -0.490 e. The molecule has 7 heteroatoms. The molecule has 0 saturated heterocycles. The highest BCUT2D eigenvalue weighted by Gasteiger charge is 2.30. The molecule has 0 unspecified atom stereocenters. The zero-order chi connectivity index (χ0) is 14.7. The summed E-state index contributed by atoms with van der Waals surface area (Å²) in [6, 6.07) is 2.31. The van der Waals surface area contributed by atoms with Crippen molar-refractivity contribution in [2.45, 2.75) is 31.9 Å². The first-order chi connectivity index (χ1) is 9.55. The molecule has 0 heterocycles. The van der Waals surface area contributed by atoms with Crippen LogP contribution in [0.15, 0.2) is 12.1 Å². The Hall–Kier alpha value is -1.89. The minimum atomic E-state index is -0.667. The lowest BCUT2D eigenvalue weighted by molar-refractivity contribution is -0.385. The van der Waals surface area contributed by atoms with Gasteiger partial charge in [0.05, 0.1) is 29.9 Å². The Morgan fingerprint density at radius 3 is 2.75 bits per heavy atom. The first-order valence-corrected chi connectivity index (χ1v) is 6.45. The molecule has 1 fully saturated rings. The van der Waals surface area contributed by atoms with Crippen molar-refractivity contribution >= 4 is 11.4 Å². The molecule has 1 aliphatic rings. The Morgan fingerprint density at radius 2 is 2.20 bits per heavy atom. The lowest BCUT2D eigenvalue weighted by atomic mass is 9.89. The molecule has 2 rings (SSSR count). The van der Waals surface area contributed by atoms with Crippen LogP contribution in [-0.2, 0) is 4.74 Å². The molecule has 1 N–H and O–H groups in total. The van der Waals surface area contributed by atoms with Crippen molar-refractivity contribution in [2.24, 2.45) is 0 Å². The van der Waals surface area contributed by atoms with Gasteiger partial charge in [0.2, 0.25) is 0 Å². The van der Waals surface area contributed by atoms with Gasteiger partial charge in [-0.25, -0.2) is 4.39 Å². The smallest absolute Gasteiger partial charge is 0.313 e. The van der Waals surface area contributed by atoms with E-state index in [4.69, 9.17) is 9.47 Å². The molecule has 6 nitrogen and oxygen atoms in total. The van der Waals surface area contributed by atoms with Gasteiger partial charge in [0.15, 0.2) is 11.6 Å². The highest BCUT2D eigenvalue weighted by atomic mass is 19.1. The van der Waals surface area contributed by atoms with Gasteiger partial charge in [0, 0.05) is 18.7 Å². The van der Waals surface area contributed by atoms with Gasteiger partial charge in [0.25, 0.3) is 0 Å². The molecule has 0 atom stereocenters. The highest BCUT2D eigenvalue weighted by Crippen LogP contribution is 2.34. The fraction of sp³-hybridized carbons (Fsp3) is 0.538. The number of hydrogen-bond acceptors (Lipinski definition) is 5. The number of rotatable bonds is 6. The van der Waals surface area contributed by atoms with E-state index in [0.717, 1.165) is 18.9 Å². The van der Waals surface area contributed by atoms with Crippen LogP contribution in [0, 0.1) is 15.9 Å². The van der Waals surface area contributed by atoms with E-state index < -0.39 is 10.7 Å². The quantitative estimate of drug-likeness (QED) is 0.642. The highest BCUT2D eigenvalue weighted by molar-refractivity contribution is 5.59. The Labute approximate surface area is 116 Å². The van der Waals surface area contributed by atoms with Crippen LogP contribution in [0.2, 0.25) is 0 Å². The third-order valence-corrected chi connectivity index (χ3v) is 3.32. The number of nitro benzene ring substituents is 1. The predicted molar refractivity (Wildman–Crippen MR) is 71.7 cm³/mol. The summed E-state index contributed by atoms with van der Waals surface area (Å²) in [5, 5.41) is 13.8. The molecule has 0 aromatic heterocycles. The first-order valence-electron chi connectivity index (χ1n) is 6.45. The van der Waals surface area contributed by atoms with Gasteiger partial charge in [-0.05, 0) is 19.8 Å². The van der Waals surface area contributed by atoms with Gasteiger partial charge < -0.3 is 14.8 Å². The van der Waals surface area contributed by atoms with Crippen LogP contribution in [0.25, 0.3) is 0 Å². The largest absolute Gasteiger partial charge is 0.490 e. The lowest BCUT2D eigenvalue weighted by Crippen LogP contribution is -2.41. The molecule has 0 amide bonds. The zero-order valence-corrected chi connectivity index (χ0v) is 11.4. The van der Waals surface area contributed by atoms with Gasteiger partial charge in [-0.3, -0.25) is 10.1 Å². The summed E-state index contributed by atoms with van der Waals surface area (Å²) >= 11 is 0. The summed E-state index contributed by atoms with van der Waals surface area (Å²) in [5.74, 6) is -0.614. The van der Waals surface area contributed by atoms with Crippen LogP contribution in [0.4, 0.5) is 15.8 Å². The monoisotopic (exact) mass is 284 g/mol. The number of ether oxygens (including phenoxy) is 2. The van der Waals surface area contributed by atoms with E-state index >= 15 is 0 Å². The third-order valence-electron chi connectivity index (χ3n) is 3.32. The van der Waals surface area contributed by atoms with E-state index in [1.807, 2.05) is 6.92 Å². The van der Waals surface area contributed by atoms with Crippen LogP contribution in [0.3, 0.4) is 0 Å². The second kappa shape index (κ2) is 6.04. The molecule has 1 saturated carbocycles. The van der Waals surface area contributed by atoms with Crippen molar-refractivity contribution in [3.8, 4) is 5.75 Å². The van der Waals surface area contributed by atoms with E-state index in [0.29, 0.717) is 6.61 Å². The molecular weight excluding hydrogens is 267 g/mol. The van der Waals surface area contributed by atoms with Gasteiger partial charge in [-0.15, -0.1) is 0 Å². The average molecular weight is 284 g/mol. The molecule has 110 valence electrons. The molecule has 1 aromatic carbocycles. The minimum absolute atomic E-state index is 0.0413. The van der Waals surface area contributed by atoms with Crippen LogP contribution >= 0.6 is 0 Å². The maximum atomic E-state index is 13.8. The number of benzene rings is 1. The van der Waals surface area contributed by atoms with Crippen molar-refractivity contribution < 1.29 is 18.8 Å². The van der Waals surface area contributed by atoms with Crippen molar-refractivity contribution in [3.63, 3.8) is 0 Å². The Morgan fingerprint density at radius 1 is 1.50 bits per heavy atom. The predicted octanol–water partition coefficient (Wildman–Crippen LogP) is 2.72. The van der Waals surface area contributed by atoms with E-state index in [-0.39, 0.29) is 29.3 Å². The molecule has 1 aliphatic carbocycles. The number of methoxy groups -OCH3 is 1. The van der Waals surface area contributed by atoms with Crippen molar-refractivity contribution in [2.75, 3.05) is 19.0 Å². The van der Waals surface area contributed by atoms with Crippen LogP contribution < -0.4 is 10.1 Å². The Bertz CT molecular complexity index is 503. The lowest BCUT2D eigenvalue weighted by Gasteiger charge is -2.36. The van der Waals surface area contributed by atoms with E-state index in [9.17, 15) is 14.5 Å². The van der Waals surface area contributed by atoms with Crippen molar-refractivity contribution in [1.29, 1.82) is 0 Å². The summed E-state index contributed by atoms with van der Waals surface area (Å²) in [5.41, 5.74) is -0.163. The third kappa shape index (κ3) is 2.98. The Balaban J connectivity index is 2.07. The first kappa shape index (κ1) is 14.5. The standard InChI is InChI=1S/C13H17FN2O4/c1-3-20-9-4-8(5-9)15-11-7-13(19-2)12(16(17)18)6-10(11)14/h6-9,15H,3-5H2,1-2H3. The SMILES string of the molecule is CCOC1CC(Nc2cc(OC)c([N+](=O)[O-])cc2F)C1. The van der Waals surface area contributed by atoms with E-state index in [1.165, 1.54) is 13.2 Å². The number of halogens is 1.